The fourth-order valence-corrected chi connectivity index (χ4v) is 2.83. The first kappa shape index (κ1) is 12.6. The number of aryl methyl sites for hydroxylation is 1. The lowest BCUT2D eigenvalue weighted by Gasteiger charge is -2.09. The number of halogens is 2. The van der Waals surface area contributed by atoms with Gasteiger partial charge in [-0.05, 0) is 24.6 Å². The second-order valence-corrected chi connectivity index (χ2v) is 6.10. The summed E-state index contributed by atoms with van der Waals surface area (Å²) in [5, 5.41) is 3.67. The van der Waals surface area contributed by atoms with Crippen molar-refractivity contribution in [3.63, 3.8) is 0 Å². The maximum atomic E-state index is 13.8. The van der Waals surface area contributed by atoms with E-state index in [4.69, 9.17) is 8.85 Å². The number of pyridine rings is 2. The smallest absolute Gasteiger partial charge is 0.222 e. The van der Waals surface area contributed by atoms with Gasteiger partial charge in [-0.15, -0.1) is 0 Å². The molecule has 0 aromatic carbocycles. The van der Waals surface area contributed by atoms with Gasteiger partial charge in [0, 0.05) is 28.9 Å². The summed E-state index contributed by atoms with van der Waals surface area (Å²) in [6.07, 6.45) is 2.21. The first-order valence-corrected chi connectivity index (χ1v) is 7.88. The molecule has 3 heterocycles. The molecule has 1 saturated carbocycles. The molecule has 3 aromatic rings. The first-order valence-electron chi connectivity index (χ1n) is 9.38. The number of anilines is 1. The lowest BCUT2D eigenvalue weighted by Crippen LogP contribution is -2.06. The summed E-state index contributed by atoms with van der Waals surface area (Å²) < 4.78 is 56.9. The fraction of sp³-hybridized carbons (Fsp3) is 0.333. The van der Waals surface area contributed by atoms with E-state index in [1.165, 1.54) is 19.4 Å². The maximum absolute atomic E-state index is 13.8. The van der Waals surface area contributed by atoms with Gasteiger partial charge in [-0.2, -0.15) is 0 Å². The average molecular weight is 347 g/mol. The van der Waals surface area contributed by atoms with Gasteiger partial charge in [-0.1, -0.05) is 0 Å². The molecule has 0 amide bonds. The molecule has 1 aliphatic carbocycles. The Morgan fingerprint density at radius 3 is 2.92 bits per heavy atom. The lowest BCUT2D eigenvalue weighted by atomic mass is 10.2. The number of alkyl halides is 1. The third-order valence-corrected chi connectivity index (χ3v) is 4.36. The minimum Gasteiger partial charge on any atom is -0.481 e. The molecule has 0 bridgehead atoms. The highest BCUT2D eigenvalue weighted by Crippen LogP contribution is 2.35. The van der Waals surface area contributed by atoms with Gasteiger partial charge in [-0.3, -0.25) is 0 Å². The highest BCUT2D eigenvalue weighted by atomic mass is 19.1. The van der Waals surface area contributed by atoms with Crippen LogP contribution >= 0.6 is 0 Å². The quantitative estimate of drug-likeness (QED) is 0.767. The van der Waals surface area contributed by atoms with Gasteiger partial charge in [0.05, 0.1) is 36.3 Å². The minimum atomic E-state index is -2.53. The molecule has 0 radical (unpaired) electrons. The van der Waals surface area contributed by atoms with E-state index in [0.29, 0.717) is 29.7 Å². The molecule has 0 aliphatic heterocycles. The van der Waals surface area contributed by atoms with Crippen LogP contribution in [0.15, 0.2) is 30.6 Å². The van der Waals surface area contributed by atoms with E-state index in [2.05, 4.69) is 15.3 Å². The number of nitrogens with zero attached hydrogens (tertiary/aromatic N) is 3. The van der Waals surface area contributed by atoms with Gasteiger partial charge >= 0.3 is 0 Å². The van der Waals surface area contributed by atoms with Gasteiger partial charge in [0.25, 0.3) is 0 Å². The van der Waals surface area contributed by atoms with Gasteiger partial charge in [-0.25, -0.2) is 18.7 Å². The van der Waals surface area contributed by atoms with Crippen molar-refractivity contribution in [1.82, 2.24) is 14.5 Å². The van der Waals surface area contributed by atoms with Gasteiger partial charge in [0.1, 0.15) is 17.8 Å². The van der Waals surface area contributed by atoms with Crippen molar-refractivity contribution in [2.24, 2.45) is 12.9 Å². The van der Waals surface area contributed by atoms with Crippen LogP contribution in [0.2, 0.25) is 0 Å². The molecule has 2 atom stereocenters. The van der Waals surface area contributed by atoms with Crippen LogP contribution in [0.1, 0.15) is 10.5 Å². The Hall–Kier alpha value is -2.70. The molecule has 0 unspecified atom stereocenters. The van der Waals surface area contributed by atoms with Gasteiger partial charge < -0.3 is 14.6 Å². The molecule has 3 aromatic heterocycles. The summed E-state index contributed by atoms with van der Waals surface area (Å²) in [7, 11) is 1.38. The summed E-state index contributed by atoms with van der Waals surface area (Å²) in [4.78, 5) is 8.14. The van der Waals surface area contributed by atoms with E-state index in [1.807, 2.05) is 0 Å². The molecule has 130 valence electrons. The van der Waals surface area contributed by atoms with Crippen LogP contribution in [0, 0.1) is 11.7 Å². The zero-order chi connectivity index (χ0) is 20.1. The molecule has 4 rings (SSSR count). The number of aromatic nitrogens is 3. The van der Waals surface area contributed by atoms with E-state index in [9.17, 15) is 8.78 Å². The number of rotatable bonds is 5. The van der Waals surface area contributed by atoms with Crippen LogP contribution in [-0.4, -0.2) is 34.4 Å². The van der Waals surface area contributed by atoms with Crippen molar-refractivity contribution in [2.45, 2.75) is 12.6 Å². The van der Waals surface area contributed by atoms with Crippen molar-refractivity contribution >= 4 is 16.7 Å². The van der Waals surface area contributed by atoms with E-state index in [-0.39, 0.29) is 23.1 Å². The molecular formula is C18H18F2N4O. The Kier molecular flexibility index (Phi) is 3.02. The van der Waals surface area contributed by atoms with Crippen molar-refractivity contribution < 1.29 is 17.6 Å². The van der Waals surface area contributed by atoms with Gasteiger partial charge in [0.2, 0.25) is 5.88 Å². The van der Waals surface area contributed by atoms with Crippen LogP contribution in [0.25, 0.3) is 22.2 Å². The second kappa shape index (κ2) is 5.98. The van der Waals surface area contributed by atoms with Crippen LogP contribution in [0.4, 0.5) is 14.6 Å². The fourth-order valence-electron chi connectivity index (χ4n) is 2.83. The Bertz CT molecular complexity index is 1040. The molecule has 1 aliphatic rings. The molecule has 25 heavy (non-hydrogen) atoms. The third kappa shape index (κ3) is 2.90. The predicted molar refractivity (Wildman–Crippen MR) is 91.9 cm³/mol. The number of nitrogens with one attached hydrogen (secondary N) is 1. The maximum Gasteiger partial charge on any atom is 0.222 e. The van der Waals surface area contributed by atoms with Crippen LogP contribution < -0.4 is 10.1 Å². The largest absolute Gasteiger partial charge is 0.481 e. The van der Waals surface area contributed by atoms with Crippen LogP contribution in [-0.2, 0) is 6.98 Å². The number of ether oxygens (including phenoxy) is 1. The molecule has 5 nitrogen and oxygen atoms in total. The first-order chi connectivity index (χ1) is 13.3. The summed E-state index contributed by atoms with van der Waals surface area (Å²) in [6, 6.07) is 4.50. The second-order valence-electron chi connectivity index (χ2n) is 6.10. The van der Waals surface area contributed by atoms with Crippen molar-refractivity contribution in [3.8, 4) is 17.1 Å². The molecule has 1 fully saturated rings. The summed E-state index contributed by atoms with van der Waals surface area (Å²) in [5.74, 6) is 0.0143. The molecule has 0 spiro atoms. The lowest BCUT2D eigenvalue weighted by molar-refractivity contribution is 0.397. The normalized spacial score (nSPS) is 21.5. The van der Waals surface area contributed by atoms with Crippen LogP contribution in [0.5, 0.6) is 5.88 Å². The molecule has 7 heteroatoms. The van der Waals surface area contributed by atoms with E-state index < -0.39 is 19.0 Å². The number of fused-ring (bicyclic) bond motifs is 1. The molecule has 0 saturated heterocycles. The van der Waals surface area contributed by atoms with E-state index >= 15 is 0 Å². The zero-order valence-electron chi connectivity index (χ0n) is 16.5. The van der Waals surface area contributed by atoms with Gasteiger partial charge in [0.15, 0.2) is 0 Å². The van der Waals surface area contributed by atoms with Crippen molar-refractivity contribution in [1.29, 1.82) is 0 Å². The van der Waals surface area contributed by atoms with E-state index in [1.54, 1.807) is 12.1 Å². The Balaban J connectivity index is 1.82. The van der Waals surface area contributed by atoms with E-state index in [0.717, 1.165) is 10.8 Å². The van der Waals surface area contributed by atoms with Crippen molar-refractivity contribution in [3.05, 3.63) is 36.4 Å². The standard InChI is InChI=1S/C18H18F2N4O/c1-24-15(13-6-12(19)8-23-18(13)25-2)4-10-5-17(22-9-16(10)24)21-7-11-3-14(11)20/h4-6,8-9,11,14H,3,7H2,1-2H3,(H,21,22)/t11-,14-/m0/s1/i1D3. The number of methoxy groups -OCH3 is 1. The molecule has 1 N–H and O–H groups in total. The Morgan fingerprint density at radius 2 is 2.20 bits per heavy atom. The Morgan fingerprint density at radius 1 is 1.36 bits per heavy atom. The highest BCUT2D eigenvalue weighted by molar-refractivity contribution is 5.88. The number of hydrogen-bond acceptors (Lipinski definition) is 4. The van der Waals surface area contributed by atoms with Crippen LogP contribution in [0.3, 0.4) is 0 Å². The highest BCUT2D eigenvalue weighted by Gasteiger charge is 2.36. The molecular weight excluding hydrogens is 326 g/mol. The summed E-state index contributed by atoms with van der Waals surface area (Å²) in [5.41, 5.74) is 0.827. The van der Waals surface area contributed by atoms with Crippen molar-refractivity contribution in [2.75, 3.05) is 19.0 Å². The average Bonchev–Trinajstić information content (AvgIpc) is 3.20. The zero-order valence-corrected chi connectivity index (χ0v) is 13.5. The summed E-state index contributed by atoms with van der Waals surface area (Å²) >= 11 is 0. The third-order valence-electron chi connectivity index (χ3n) is 4.36. The summed E-state index contributed by atoms with van der Waals surface area (Å²) in [6.45, 7) is -2.06. The number of hydrogen-bond donors (Lipinski definition) is 1. The topological polar surface area (TPSA) is 52.0 Å². The SMILES string of the molecule is [2H]C([2H])([2H])n1c(-c2cc(F)cnc2OC)cc2cc(NC[C@@H]3C[C@@H]3F)ncc21. The predicted octanol–water partition coefficient (Wildman–Crippen LogP) is 3.55. The monoisotopic (exact) mass is 347 g/mol. The minimum absolute atomic E-state index is 0.0114. The Labute approximate surface area is 147 Å².